The third-order valence-electron chi connectivity index (χ3n) is 2.52. The van der Waals surface area contributed by atoms with Crippen LogP contribution in [0.5, 0.6) is 0 Å². The standard InChI is InChI=1S/C13H12Br2N2/c14-9-4-5-11(12(15)7-9)13(16)8-10-3-1-2-6-17-10/h1-7,13H,8,16H2. The smallest absolute Gasteiger partial charge is 0.0422 e. The lowest BCUT2D eigenvalue weighted by molar-refractivity contribution is 0.703. The first kappa shape index (κ1) is 12.7. The minimum atomic E-state index is -0.0487. The van der Waals surface area contributed by atoms with Crippen LogP contribution in [0.15, 0.2) is 51.5 Å². The van der Waals surface area contributed by atoms with Gasteiger partial charge in [-0.25, -0.2) is 0 Å². The molecule has 0 aliphatic carbocycles. The third kappa shape index (κ3) is 3.37. The molecule has 0 radical (unpaired) electrons. The van der Waals surface area contributed by atoms with Crippen molar-refractivity contribution in [2.45, 2.75) is 12.5 Å². The fraction of sp³-hybridized carbons (Fsp3) is 0.154. The highest BCUT2D eigenvalue weighted by molar-refractivity contribution is 9.11. The minimum absolute atomic E-state index is 0.0487. The van der Waals surface area contributed by atoms with Gasteiger partial charge in [0.25, 0.3) is 0 Å². The van der Waals surface area contributed by atoms with E-state index in [0.717, 1.165) is 26.6 Å². The summed E-state index contributed by atoms with van der Waals surface area (Å²) in [7, 11) is 0. The molecular weight excluding hydrogens is 344 g/mol. The molecule has 0 bridgehead atoms. The van der Waals surface area contributed by atoms with Gasteiger partial charge in [0.05, 0.1) is 0 Å². The molecule has 0 fully saturated rings. The van der Waals surface area contributed by atoms with Crippen LogP contribution < -0.4 is 5.73 Å². The molecule has 0 amide bonds. The van der Waals surface area contributed by atoms with E-state index >= 15 is 0 Å². The molecule has 1 heterocycles. The van der Waals surface area contributed by atoms with E-state index < -0.39 is 0 Å². The Hall–Kier alpha value is -0.710. The highest BCUT2D eigenvalue weighted by atomic mass is 79.9. The first-order valence-corrected chi connectivity index (χ1v) is 6.86. The zero-order valence-corrected chi connectivity index (χ0v) is 12.3. The van der Waals surface area contributed by atoms with Crippen LogP contribution in [0, 0.1) is 0 Å². The number of nitrogens with zero attached hydrogens (tertiary/aromatic N) is 1. The zero-order chi connectivity index (χ0) is 12.3. The summed E-state index contributed by atoms with van der Waals surface area (Å²) < 4.78 is 2.06. The highest BCUT2D eigenvalue weighted by Crippen LogP contribution is 2.27. The van der Waals surface area contributed by atoms with E-state index in [-0.39, 0.29) is 6.04 Å². The second kappa shape index (κ2) is 5.76. The van der Waals surface area contributed by atoms with E-state index in [0.29, 0.717) is 0 Å². The second-order valence-corrected chi connectivity index (χ2v) is 5.57. The van der Waals surface area contributed by atoms with Crippen molar-refractivity contribution in [1.29, 1.82) is 0 Å². The number of rotatable bonds is 3. The summed E-state index contributed by atoms with van der Waals surface area (Å²) in [6.45, 7) is 0. The van der Waals surface area contributed by atoms with E-state index in [1.165, 1.54) is 0 Å². The monoisotopic (exact) mass is 354 g/mol. The van der Waals surface area contributed by atoms with Gasteiger partial charge in [-0.3, -0.25) is 4.98 Å². The Morgan fingerprint density at radius 2 is 2.00 bits per heavy atom. The van der Waals surface area contributed by atoms with Gasteiger partial charge in [0.1, 0.15) is 0 Å². The molecule has 0 aliphatic heterocycles. The van der Waals surface area contributed by atoms with Gasteiger partial charge in [-0.05, 0) is 29.8 Å². The Kier molecular flexibility index (Phi) is 4.31. The van der Waals surface area contributed by atoms with E-state index in [4.69, 9.17) is 5.73 Å². The Labute approximate surface area is 118 Å². The van der Waals surface area contributed by atoms with E-state index in [9.17, 15) is 0 Å². The van der Waals surface area contributed by atoms with Gasteiger partial charge in [0.15, 0.2) is 0 Å². The predicted molar refractivity (Wildman–Crippen MR) is 76.7 cm³/mol. The maximum absolute atomic E-state index is 6.19. The highest BCUT2D eigenvalue weighted by Gasteiger charge is 2.11. The van der Waals surface area contributed by atoms with Crippen molar-refractivity contribution in [2.24, 2.45) is 5.73 Å². The van der Waals surface area contributed by atoms with Gasteiger partial charge in [-0.15, -0.1) is 0 Å². The summed E-state index contributed by atoms with van der Waals surface area (Å²) in [5, 5.41) is 0. The lowest BCUT2D eigenvalue weighted by Gasteiger charge is -2.13. The van der Waals surface area contributed by atoms with E-state index in [1.807, 2.05) is 36.4 Å². The minimum Gasteiger partial charge on any atom is -0.324 e. The summed E-state index contributed by atoms with van der Waals surface area (Å²) in [6, 6.07) is 11.9. The van der Waals surface area contributed by atoms with Crippen LogP contribution in [0.1, 0.15) is 17.3 Å². The fourth-order valence-electron chi connectivity index (χ4n) is 1.66. The van der Waals surface area contributed by atoms with Gasteiger partial charge in [0.2, 0.25) is 0 Å². The number of pyridine rings is 1. The number of nitrogens with two attached hydrogens (primary N) is 1. The maximum atomic E-state index is 6.19. The summed E-state index contributed by atoms with van der Waals surface area (Å²) in [5.41, 5.74) is 8.30. The largest absolute Gasteiger partial charge is 0.324 e. The van der Waals surface area contributed by atoms with Crippen molar-refractivity contribution in [3.05, 3.63) is 62.8 Å². The van der Waals surface area contributed by atoms with Crippen LogP contribution in [-0.2, 0) is 6.42 Å². The Bertz CT molecular complexity index is 500. The molecule has 0 aliphatic rings. The molecule has 2 N–H and O–H groups in total. The molecule has 1 atom stereocenters. The average Bonchev–Trinajstić information content (AvgIpc) is 2.30. The van der Waals surface area contributed by atoms with Gasteiger partial charge < -0.3 is 5.73 Å². The van der Waals surface area contributed by atoms with Crippen molar-refractivity contribution < 1.29 is 0 Å². The molecule has 17 heavy (non-hydrogen) atoms. The normalized spacial score (nSPS) is 12.4. The number of hydrogen-bond acceptors (Lipinski definition) is 2. The summed E-state index contributed by atoms with van der Waals surface area (Å²) in [5.74, 6) is 0. The number of benzene rings is 1. The first-order chi connectivity index (χ1) is 8.16. The number of hydrogen-bond donors (Lipinski definition) is 1. The molecule has 0 saturated carbocycles. The van der Waals surface area contributed by atoms with Gasteiger partial charge in [-0.1, -0.05) is 44.0 Å². The lowest BCUT2D eigenvalue weighted by atomic mass is 10.0. The molecule has 0 spiro atoms. The molecule has 1 unspecified atom stereocenters. The summed E-state index contributed by atoms with van der Waals surface area (Å²) in [4.78, 5) is 4.29. The van der Waals surface area contributed by atoms with Crippen molar-refractivity contribution in [3.8, 4) is 0 Å². The van der Waals surface area contributed by atoms with Gasteiger partial charge in [0, 0.05) is 33.3 Å². The number of aromatic nitrogens is 1. The Balaban J connectivity index is 2.17. The SMILES string of the molecule is NC(Cc1ccccn1)c1ccc(Br)cc1Br. The van der Waals surface area contributed by atoms with Crippen LogP contribution in [0.3, 0.4) is 0 Å². The molecule has 2 nitrogen and oxygen atoms in total. The van der Waals surface area contributed by atoms with Crippen LogP contribution in [-0.4, -0.2) is 4.98 Å². The molecule has 2 rings (SSSR count). The predicted octanol–water partition coefficient (Wildman–Crippen LogP) is 3.85. The molecule has 88 valence electrons. The summed E-state index contributed by atoms with van der Waals surface area (Å²) >= 11 is 6.96. The van der Waals surface area contributed by atoms with E-state index in [1.54, 1.807) is 6.20 Å². The molecule has 4 heteroatoms. The van der Waals surface area contributed by atoms with Crippen LogP contribution in [0.2, 0.25) is 0 Å². The van der Waals surface area contributed by atoms with Crippen molar-refractivity contribution in [2.75, 3.05) is 0 Å². The second-order valence-electron chi connectivity index (χ2n) is 3.80. The topological polar surface area (TPSA) is 38.9 Å². The third-order valence-corrected chi connectivity index (χ3v) is 3.70. The van der Waals surface area contributed by atoms with Crippen LogP contribution >= 0.6 is 31.9 Å². The van der Waals surface area contributed by atoms with Crippen molar-refractivity contribution in [3.63, 3.8) is 0 Å². The van der Waals surface area contributed by atoms with Gasteiger partial charge in [-0.2, -0.15) is 0 Å². The molecule has 1 aromatic heterocycles. The maximum Gasteiger partial charge on any atom is 0.0422 e. The first-order valence-electron chi connectivity index (χ1n) is 5.27. The molecule has 2 aromatic rings. The van der Waals surface area contributed by atoms with Gasteiger partial charge >= 0.3 is 0 Å². The molecular formula is C13H12Br2N2. The quantitative estimate of drug-likeness (QED) is 0.908. The van der Waals surface area contributed by atoms with Crippen molar-refractivity contribution in [1.82, 2.24) is 4.98 Å². The zero-order valence-electron chi connectivity index (χ0n) is 9.11. The van der Waals surface area contributed by atoms with Crippen molar-refractivity contribution >= 4 is 31.9 Å². The van der Waals surface area contributed by atoms with Crippen LogP contribution in [0.4, 0.5) is 0 Å². The van der Waals surface area contributed by atoms with Crippen LogP contribution in [0.25, 0.3) is 0 Å². The lowest BCUT2D eigenvalue weighted by Crippen LogP contribution is -2.14. The fourth-order valence-corrected chi connectivity index (χ4v) is 3.00. The molecule has 0 saturated heterocycles. The Morgan fingerprint density at radius 3 is 2.65 bits per heavy atom. The molecule has 1 aromatic carbocycles. The average molecular weight is 356 g/mol. The Morgan fingerprint density at radius 1 is 1.18 bits per heavy atom. The van der Waals surface area contributed by atoms with E-state index in [2.05, 4.69) is 36.8 Å². The summed E-state index contributed by atoms with van der Waals surface area (Å²) in [6.07, 6.45) is 2.53. The number of halogens is 2.